The summed E-state index contributed by atoms with van der Waals surface area (Å²) in [4.78, 5) is 0. The summed E-state index contributed by atoms with van der Waals surface area (Å²) in [5.41, 5.74) is 8.35. The Hall–Kier alpha value is -2.12. The fraction of sp³-hybridized carbons (Fsp3) is 0.579. The Kier molecular flexibility index (Phi) is 9.64. The summed E-state index contributed by atoms with van der Waals surface area (Å²) in [5.74, 6) is 2.67. The third-order valence-electron chi connectivity index (χ3n) is 9.07. The van der Waals surface area contributed by atoms with Crippen molar-refractivity contribution in [2.75, 3.05) is 0 Å². The van der Waals surface area contributed by atoms with Crippen molar-refractivity contribution in [2.45, 2.75) is 130 Å². The van der Waals surface area contributed by atoms with Crippen molar-refractivity contribution in [3.8, 4) is 0 Å². The van der Waals surface area contributed by atoms with E-state index in [0.717, 1.165) is 25.7 Å². The van der Waals surface area contributed by atoms with E-state index in [9.17, 15) is 0 Å². The highest BCUT2D eigenvalue weighted by molar-refractivity contribution is 5.31. The van der Waals surface area contributed by atoms with E-state index in [1.165, 1.54) is 59.1 Å². The van der Waals surface area contributed by atoms with Crippen LogP contribution in [0, 0.1) is 11.8 Å². The first-order valence-corrected chi connectivity index (χ1v) is 15.7. The van der Waals surface area contributed by atoms with Crippen molar-refractivity contribution in [3.63, 3.8) is 0 Å². The minimum atomic E-state index is -0.250. The van der Waals surface area contributed by atoms with Gasteiger partial charge >= 0.3 is 0 Å². The Morgan fingerprint density at radius 2 is 0.974 bits per heavy atom. The van der Waals surface area contributed by atoms with Crippen molar-refractivity contribution in [3.05, 3.63) is 94.1 Å². The second kappa shape index (κ2) is 12.6. The molecule has 2 aromatic carbocycles. The van der Waals surface area contributed by atoms with E-state index in [1.54, 1.807) is 0 Å². The molecule has 0 spiro atoms. The van der Waals surface area contributed by atoms with Gasteiger partial charge in [0.25, 0.3) is 0 Å². The molecule has 0 radical (unpaired) electrons. The van der Waals surface area contributed by atoms with Crippen LogP contribution in [0.15, 0.2) is 71.8 Å². The molecule has 1 heteroatoms. The average molecular weight is 527 g/mol. The molecule has 0 saturated carbocycles. The van der Waals surface area contributed by atoms with Crippen LogP contribution in [-0.2, 0) is 17.6 Å². The number of allylic oxidation sites excluding steroid dienone is 2. The highest BCUT2D eigenvalue weighted by Crippen LogP contribution is 2.43. The van der Waals surface area contributed by atoms with Gasteiger partial charge < -0.3 is 4.74 Å². The maximum Gasteiger partial charge on any atom is 0.0847 e. The van der Waals surface area contributed by atoms with Crippen LogP contribution in [0.1, 0.15) is 128 Å². The smallest absolute Gasteiger partial charge is 0.0847 e. The first-order chi connectivity index (χ1) is 18.4. The Morgan fingerprint density at radius 3 is 1.26 bits per heavy atom. The third-order valence-corrected chi connectivity index (χ3v) is 9.07. The molecule has 0 bridgehead atoms. The molecule has 2 aliphatic rings. The van der Waals surface area contributed by atoms with E-state index in [2.05, 4.69) is 116 Å². The van der Waals surface area contributed by atoms with Crippen LogP contribution in [0.3, 0.4) is 0 Å². The third kappa shape index (κ3) is 7.97. The molecule has 0 saturated heterocycles. The first kappa shape index (κ1) is 29.9. The zero-order valence-electron chi connectivity index (χ0n) is 26.1. The summed E-state index contributed by atoms with van der Waals surface area (Å²) in [5, 5.41) is 0. The standard InChI is InChI=1S/C38H54O/c1-27(2)25-29-9-13-31(14-10-29)33-17-21-35(22-18-33)37(5,6)39-38(7,8)36-23-19-34(20-24-36)32-15-11-30(12-16-32)26-28(3)4/h9-16,21,23,27-28,33-34H,17-20,22,24-26H2,1-8H3. The van der Waals surface area contributed by atoms with Crippen LogP contribution in [0.25, 0.3) is 0 Å². The SMILES string of the molecule is CC(C)Cc1ccc(C2CC=C(C(C)(C)OC(C)(C)C3=CCC(c4ccc(CC(C)C)cc4)CC3)CC2)cc1. The van der Waals surface area contributed by atoms with Crippen molar-refractivity contribution < 1.29 is 4.74 Å². The van der Waals surface area contributed by atoms with Crippen LogP contribution in [0.2, 0.25) is 0 Å². The van der Waals surface area contributed by atoms with Crippen molar-refractivity contribution >= 4 is 0 Å². The molecular weight excluding hydrogens is 472 g/mol. The Labute approximate surface area is 240 Å². The zero-order chi connectivity index (χ0) is 28.2. The summed E-state index contributed by atoms with van der Waals surface area (Å²) in [6, 6.07) is 18.8. The summed E-state index contributed by atoms with van der Waals surface area (Å²) >= 11 is 0. The maximum absolute atomic E-state index is 6.95. The molecule has 0 aliphatic heterocycles. The van der Waals surface area contributed by atoms with Crippen molar-refractivity contribution in [2.24, 2.45) is 11.8 Å². The van der Waals surface area contributed by atoms with Gasteiger partial charge in [0.05, 0.1) is 11.2 Å². The molecule has 1 nitrogen and oxygen atoms in total. The highest BCUT2D eigenvalue weighted by Gasteiger charge is 2.36. The van der Waals surface area contributed by atoms with Gasteiger partial charge in [0.2, 0.25) is 0 Å². The van der Waals surface area contributed by atoms with Crippen LogP contribution in [0.4, 0.5) is 0 Å². The lowest BCUT2D eigenvalue weighted by molar-refractivity contribution is -0.0856. The molecular formula is C38H54O. The van der Waals surface area contributed by atoms with E-state index in [4.69, 9.17) is 4.74 Å². The van der Waals surface area contributed by atoms with Crippen LogP contribution in [-0.4, -0.2) is 11.2 Å². The van der Waals surface area contributed by atoms with Gasteiger partial charge in [-0.15, -0.1) is 0 Å². The van der Waals surface area contributed by atoms with E-state index in [0.29, 0.717) is 23.7 Å². The summed E-state index contributed by atoms with van der Waals surface area (Å²) in [6.45, 7) is 18.3. The quantitative estimate of drug-likeness (QED) is 0.280. The van der Waals surface area contributed by atoms with Gasteiger partial charge in [0, 0.05) is 0 Å². The molecule has 2 aromatic rings. The molecule has 4 rings (SSSR count). The number of ether oxygens (including phenoxy) is 1. The lowest BCUT2D eigenvalue weighted by Gasteiger charge is -2.42. The molecule has 0 heterocycles. The van der Waals surface area contributed by atoms with Crippen LogP contribution in [0.5, 0.6) is 0 Å². The minimum absolute atomic E-state index is 0.250. The lowest BCUT2D eigenvalue weighted by atomic mass is 9.78. The van der Waals surface area contributed by atoms with Crippen molar-refractivity contribution in [1.29, 1.82) is 0 Å². The van der Waals surface area contributed by atoms with Crippen LogP contribution >= 0.6 is 0 Å². The lowest BCUT2D eigenvalue weighted by Crippen LogP contribution is -2.40. The molecule has 39 heavy (non-hydrogen) atoms. The predicted molar refractivity (Wildman–Crippen MR) is 169 cm³/mol. The normalized spacial score (nSPS) is 20.8. The highest BCUT2D eigenvalue weighted by atomic mass is 16.5. The molecule has 0 N–H and O–H groups in total. The zero-order valence-corrected chi connectivity index (χ0v) is 26.1. The molecule has 212 valence electrons. The van der Waals surface area contributed by atoms with E-state index in [-0.39, 0.29) is 11.2 Å². The maximum atomic E-state index is 6.95. The van der Waals surface area contributed by atoms with Crippen LogP contribution < -0.4 is 0 Å². The van der Waals surface area contributed by atoms with Gasteiger partial charge in [-0.1, -0.05) is 88.4 Å². The number of rotatable bonds is 10. The largest absolute Gasteiger partial charge is 0.361 e. The monoisotopic (exact) mass is 526 g/mol. The molecule has 2 atom stereocenters. The van der Waals surface area contributed by atoms with Gasteiger partial charge in [-0.2, -0.15) is 0 Å². The number of hydrogen-bond donors (Lipinski definition) is 0. The second-order valence-corrected chi connectivity index (χ2v) is 14.2. The van der Waals surface area contributed by atoms with Crippen molar-refractivity contribution in [1.82, 2.24) is 0 Å². The summed E-state index contributed by atoms with van der Waals surface area (Å²) < 4.78 is 6.95. The summed E-state index contributed by atoms with van der Waals surface area (Å²) in [7, 11) is 0. The van der Waals surface area contributed by atoms with E-state index < -0.39 is 0 Å². The molecule has 0 fully saturated rings. The number of benzene rings is 2. The van der Waals surface area contributed by atoms with E-state index in [1.807, 2.05) is 0 Å². The topological polar surface area (TPSA) is 9.23 Å². The van der Waals surface area contributed by atoms with Gasteiger partial charge in [-0.05, 0) is 136 Å². The molecule has 2 aliphatic carbocycles. The Bertz CT molecular complexity index is 1030. The fourth-order valence-corrected chi connectivity index (χ4v) is 6.93. The molecule has 0 amide bonds. The first-order valence-electron chi connectivity index (χ1n) is 15.7. The van der Waals surface area contributed by atoms with Gasteiger partial charge in [-0.3, -0.25) is 0 Å². The summed E-state index contributed by atoms with van der Waals surface area (Å²) in [6.07, 6.45) is 14.2. The van der Waals surface area contributed by atoms with E-state index >= 15 is 0 Å². The second-order valence-electron chi connectivity index (χ2n) is 14.2. The molecule has 2 unspecified atom stereocenters. The fourth-order valence-electron chi connectivity index (χ4n) is 6.93. The predicted octanol–water partition coefficient (Wildman–Crippen LogP) is 10.7. The Morgan fingerprint density at radius 1 is 0.615 bits per heavy atom. The minimum Gasteiger partial charge on any atom is -0.361 e. The molecule has 0 aromatic heterocycles. The number of hydrogen-bond acceptors (Lipinski definition) is 1. The average Bonchev–Trinajstić information content (AvgIpc) is 2.88. The Balaban J connectivity index is 1.34. The van der Waals surface area contributed by atoms with Gasteiger partial charge in [-0.25, -0.2) is 0 Å². The van der Waals surface area contributed by atoms with Gasteiger partial charge in [0.15, 0.2) is 0 Å². The van der Waals surface area contributed by atoms with Gasteiger partial charge in [0.1, 0.15) is 0 Å².